The van der Waals surface area contributed by atoms with Gasteiger partial charge in [0, 0.05) is 0 Å². The van der Waals surface area contributed by atoms with Crippen molar-refractivity contribution in [2.24, 2.45) is 0 Å². The molecule has 0 aromatic heterocycles. The molecule has 0 radical (unpaired) electrons. The van der Waals surface area contributed by atoms with Crippen LogP contribution in [-0.2, 0) is 4.79 Å². The van der Waals surface area contributed by atoms with Crippen LogP contribution in [0.1, 0.15) is 5.56 Å². The molecule has 0 unspecified atom stereocenters. The molecule has 0 saturated heterocycles. The average molecular weight is 314 g/mol. The molecule has 0 N–H and O–H groups in total. The standard InChI is InChI=1S/C7H5O.Eu.3FH/c8-6-7-4-2-1-3-5-7;;;;/h1-5H;;3*1H/q-1;+3;;;/p-3. The molecule has 5 heteroatoms. The second kappa shape index (κ2) is 7.89. The quantitative estimate of drug-likeness (QED) is 0.728. The summed E-state index contributed by atoms with van der Waals surface area (Å²) in [5, 5.41) is 0. The van der Waals surface area contributed by atoms with Gasteiger partial charge in [-0.25, -0.2) is 0 Å². The Morgan fingerprint density at radius 2 is 1.50 bits per heavy atom. The molecule has 1 aromatic rings. The Labute approximate surface area is 90.8 Å². The van der Waals surface area contributed by atoms with E-state index < -0.39 is 45.1 Å². The van der Waals surface area contributed by atoms with E-state index in [9.17, 15) is 4.87 Å². The van der Waals surface area contributed by atoms with E-state index >= 15 is 0 Å². The van der Waals surface area contributed by atoms with Crippen molar-refractivity contribution >= 4 is 6.29 Å². The molecule has 0 aliphatic heterocycles. The number of hydrogen-bond acceptors (Lipinski definition) is 1. The van der Waals surface area contributed by atoms with Crippen molar-refractivity contribution in [1.29, 1.82) is 0 Å². The molecule has 0 amide bonds. The molecule has 0 fully saturated rings. The molecule has 0 bridgehead atoms. The molecule has 12 heavy (non-hydrogen) atoms. The van der Waals surface area contributed by atoms with Crippen LogP contribution >= 0.6 is 0 Å². The van der Waals surface area contributed by atoms with Gasteiger partial charge >= 0.3 is 45.1 Å². The monoisotopic (exact) mass is 315 g/mol. The minimum absolute atomic E-state index is 0.604. The summed E-state index contributed by atoms with van der Waals surface area (Å²) in [7, 11) is 0. The zero-order valence-electron chi connectivity index (χ0n) is 5.81. The van der Waals surface area contributed by atoms with Crippen molar-refractivity contribution in [2.75, 3.05) is 0 Å². The van der Waals surface area contributed by atoms with Gasteiger partial charge in [0.15, 0.2) is 0 Å². The second-order valence-electron chi connectivity index (χ2n) is 1.63. The minimum atomic E-state index is -4.96. The van der Waals surface area contributed by atoms with Crippen LogP contribution in [0.4, 0.5) is 0.0763 Å². The predicted octanol–water partition coefficient (Wildman–Crippen LogP) is 2.41. The summed E-state index contributed by atoms with van der Waals surface area (Å²) in [6.07, 6.45) is 1.78. The SMILES string of the molecule is O=[C-]c1ccccc1.[F][Eu]([F])[F]. The summed E-state index contributed by atoms with van der Waals surface area (Å²) >= 11 is -4.96. The Morgan fingerprint density at radius 1 is 1.08 bits per heavy atom. The summed E-state index contributed by atoms with van der Waals surface area (Å²) in [6, 6.07) is 8.90. The van der Waals surface area contributed by atoms with Gasteiger partial charge in [0.25, 0.3) is 0 Å². The third-order valence-electron chi connectivity index (χ3n) is 0.892. The third-order valence-corrected chi connectivity index (χ3v) is 0.892. The first-order valence-electron chi connectivity index (χ1n) is 2.79. The van der Waals surface area contributed by atoms with E-state index in [0.717, 1.165) is 0 Å². The number of benzene rings is 1. The molecule has 0 saturated carbocycles. The zero-order chi connectivity index (χ0) is 9.40. The van der Waals surface area contributed by atoms with Gasteiger partial charge in [-0.05, 0) is 0 Å². The van der Waals surface area contributed by atoms with Gasteiger partial charge in [-0.3, -0.25) is 0 Å². The third kappa shape index (κ3) is 8.36. The van der Waals surface area contributed by atoms with E-state index in [4.69, 9.17) is 0 Å². The molecule has 1 rings (SSSR count). The fraction of sp³-hybridized carbons (Fsp3) is 0. The molecule has 0 aliphatic carbocycles. The number of rotatable bonds is 1. The van der Waals surface area contributed by atoms with Crippen molar-refractivity contribution in [3.8, 4) is 0 Å². The first-order valence-corrected chi connectivity index (χ1v) is 5.54. The van der Waals surface area contributed by atoms with Gasteiger partial charge in [-0.15, -0.1) is 12.1 Å². The Balaban J connectivity index is 0.000000261. The molecule has 0 spiro atoms. The summed E-state index contributed by atoms with van der Waals surface area (Å²) in [4.78, 5) is 9.88. The van der Waals surface area contributed by atoms with Gasteiger partial charge in [0.1, 0.15) is 0 Å². The number of halogens is 3. The summed E-state index contributed by atoms with van der Waals surface area (Å²) < 4.78 is 29.6. The Morgan fingerprint density at radius 3 is 1.75 bits per heavy atom. The molecule has 68 valence electrons. The van der Waals surface area contributed by atoms with E-state index in [-0.39, 0.29) is 0 Å². The normalized spacial score (nSPS) is 9.42. The fourth-order valence-corrected chi connectivity index (χ4v) is 0.506. The van der Waals surface area contributed by atoms with Crippen molar-refractivity contribution in [3.05, 3.63) is 35.9 Å². The Hall–Kier alpha value is 0.264. The van der Waals surface area contributed by atoms with Gasteiger partial charge < -0.3 is 4.79 Å². The summed E-state index contributed by atoms with van der Waals surface area (Å²) in [5.74, 6) is 0. The van der Waals surface area contributed by atoms with Crippen LogP contribution in [0.15, 0.2) is 30.3 Å². The van der Waals surface area contributed by atoms with Crippen LogP contribution in [0, 0.1) is 45.1 Å². The van der Waals surface area contributed by atoms with Crippen LogP contribution in [0.25, 0.3) is 0 Å². The number of carbonyl (C=O) groups excluding carboxylic acids is 1. The van der Waals surface area contributed by atoms with E-state index in [0.29, 0.717) is 5.56 Å². The van der Waals surface area contributed by atoms with Gasteiger partial charge in [0.05, 0.1) is 6.29 Å². The molecule has 1 aromatic carbocycles. The molecule has 0 heterocycles. The number of hydrogen-bond donors (Lipinski definition) is 0. The Kier molecular flexibility index (Phi) is 8.06. The van der Waals surface area contributed by atoms with Crippen LogP contribution in [0.2, 0.25) is 0 Å². The Bertz CT molecular complexity index is 212. The molecule has 0 atom stereocenters. The predicted molar refractivity (Wildman–Crippen MR) is 34.6 cm³/mol. The maximum atomic E-state index is 9.88. The first kappa shape index (κ1) is 12.3. The van der Waals surface area contributed by atoms with Crippen LogP contribution in [0.3, 0.4) is 0 Å². The van der Waals surface area contributed by atoms with E-state index in [2.05, 4.69) is 0 Å². The van der Waals surface area contributed by atoms with Crippen LogP contribution < -0.4 is 0 Å². The van der Waals surface area contributed by atoms with Crippen molar-refractivity contribution in [1.82, 2.24) is 0 Å². The summed E-state index contributed by atoms with van der Waals surface area (Å²) in [5.41, 5.74) is 0.604. The van der Waals surface area contributed by atoms with Gasteiger partial charge in [-0.1, -0.05) is 6.07 Å². The average Bonchev–Trinajstić information content (AvgIpc) is 2.05. The molecular weight excluding hydrogens is 309 g/mol. The van der Waals surface area contributed by atoms with E-state index in [1.165, 1.54) is 0 Å². The fourth-order valence-electron chi connectivity index (χ4n) is 0.506. The zero-order valence-corrected chi connectivity index (χ0v) is 8.23. The topological polar surface area (TPSA) is 17.1 Å². The molecule has 1 nitrogen and oxygen atoms in total. The molecule has 0 aliphatic rings. The van der Waals surface area contributed by atoms with Crippen molar-refractivity contribution < 1.29 is 49.9 Å². The van der Waals surface area contributed by atoms with Crippen molar-refractivity contribution in [3.63, 3.8) is 0 Å². The first-order chi connectivity index (χ1) is 5.66. The van der Waals surface area contributed by atoms with E-state index in [1.807, 2.05) is 6.07 Å². The van der Waals surface area contributed by atoms with Gasteiger partial charge in [-0.2, -0.15) is 17.7 Å². The summed E-state index contributed by atoms with van der Waals surface area (Å²) in [6.45, 7) is 0. The van der Waals surface area contributed by atoms with Crippen LogP contribution in [-0.4, -0.2) is 6.29 Å². The second-order valence-corrected chi connectivity index (χ2v) is 2.67. The van der Waals surface area contributed by atoms with Crippen LogP contribution in [0.5, 0.6) is 0 Å². The van der Waals surface area contributed by atoms with Gasteiger partial charge in [0.2, 0.25) is 0 Å². The molecular formula is C7H5EuF3O-. The maximum absolute atomic E-state index is 9.88. The van der Waals surface area contributed by atoms with Crippen molar-refractivity contribution in [2.45, 2.75) is 0 Å². The van der Waals surface area contributed by atoms with E-state index in [1.54, 1.807) is 30.6 Å².